The molecule has 2 nitrogen and oxygen atoms in total. The molecule has 1 aliphatic rings. The molecule has 12 heavy (non-hydrogen) atoms. The van der Waals surface area contributed by atoms with Crippen molar-refractivity contribution in [2.45, 2.75) is 45.6 Å². The molecule has 0 aromatic heterocycles. The summed E-state index contributed by atoms with van der Waals surface area (Å²) in [5.41, 5.74) is -0.112. The minimum absolute atomic E-state index is 0.112. The van der Waals surface area contributed by atoms with E-state index in [0.717, 1.165) is 25.7 Å². The van der Waals surface area contributed by atoms with Crippen LogP contribution in [0, 0.1) is 22.7 Å². The Morgan fingerprint density at radius 1 is 1.75 bits per heavy atom. The molecule has 0 aliphatic heterocycles. The second-order valence-corrected chi connectivity index (χ2v) is 4.37. The fraction of sp³-hybridized carbons (Fsp3) is 0.900. The van der Waals surface area contributed by atoms with Crippen molar-refractivity contribution in [3.8, 4) is 6.07 Å². The number of nitrogens with zero attached hydrogens (tertiary/aromatic N) is 1. The monoisotopic (exact) mass is 167 g/mol. The first kappa shape index (κ1) is 9.54. The van der Waals surface area contributed by atoms with Crippen LogP contribution in [0.4, 0.5) is 0 Å². The third kappa shape index (κ3) is 2.22. The van der Waals surface area contributed by atoms with Crippen LogP contribution in [-0.4, -0.2) is 11.2 Å². The summed E-state index contributed by atoms with van der Waals surface area (Å²) in [6.45, 7) is 3.84. The van der Waals surface area contributed by atoms with E-state index in [4.69, 9.17) is 5.26 Å². The van der Waals surface area contributed by atoms with E-state index >= 15 is 0 Å². The van der Waals surface area contributed by atoms with Crippen molar-refractivity contribution < 1.29 is 5.11 Å². The third-order valence-corrected chi connectivity index (χ3v) is 2.79. The van der Waals surface area contributed by atoms with Crippen LogP contribution < -0.4 is 0 Å². The topological polar surface area (TPSA) is 44.0 Å². The number of aliphatic hydroxyl groups is 1. The van der Waals surface area contributed by atoms with Crippen LogP contribution in [0.3, 0.4) is 0 Å². The van der Waals surface area contributed by atoms with Crippen molar-refractivity contribution in [2.24, 2.45) is 11.3 Å². The Labute approximate surface area is 74.2 Å². The molecule has 0 amide bonds. The Balaban J connectivity index is 2.42. The Morgan fingerprint density at radius 3 is 2.83 bits per heavy atom. The van der Waals surface area contributed by atoms with Gasteiger partial charge in [0.15, 0.2) is 0 Å². The molecule has 0 spiro atoms. The first-order chi connectivity index (χ1) is 5.56. The molecule has 0 heterocycles. The molecule has 1 rings (SSSR count). The van der Waals surface area contributed by atoms with Gasteiger partial charge in [0.2, 0.25) is 0 Å². The minimum Gasteiger partial charge on any atom is -0.393 e. The molecule has 3 unspecified atom stereocenters. The summed E-state index contributed by atoms with van der Waals surface area (Å²) >= 11 is 0. The van der Waals surface area contributed by atoms with Gasteiger partial charge in [0.05, 0.1) is 17.6 Å². The van der Waals surface area contributed by atoms with Gasteiger partial charge < -0.3 is 5.11 Å². The molecule has 0 aromatic rings. The Kier molecular flexibility index (Phi) is 2.74. The maximum absolute atomic E-state index is 9.17. The largest absolute Gasteiger partial charge is 0.393 e. The highest BCUT2D eigenvalue weighted by atomic mass is 16.3. The Bertz CT molecular complexity index is 195. The lowest BCUT2D eigenvalue weighted by atomic mass is 9.89. The molecule has 0 bridgehead atoms. The van der Waals surface area contributed by atoms with Gasteiger partial charge in [0.25, 0.3) is 0 Å². The summed E-state index contributed by atoms with van der Waals surface area (Å²) in [6, 6.07) is 2.36. The molecule has 0 radical (unpaired) electrons. The van der Waals surface area contributed by atoms with Crippen molar-refractivity contribution in [2.75, 3.05) is 0 Å². The van der Waals surface area contributed by atoms with Gasteiger partial charge in [0.1, 0.15) is 0 Å². The van der Waals surface area contributed by atoms with Gasteiger partial charge in [-0.15, -0.1) is 0 Å². The van der Waals surface area contributed by atoms with E-state index in [-0.39, 0.29) is 11.5 Å². The molecule has 3 atom stereocenters. The summed E-state index contributed by atoms with van der Waals surface area (Å²) in [5.74, 6) is 0.564. The normalized spacial score (nSPS) is 37.7. The third-order valence-electron chi connectivity index (χ3n) is 2.79. The molecule has 68 valence electrons. The van der Waals surface area contributed by atoms with Gasteiger partial charge in [-0.1, -0.05) is 0 Å². The molecule has 2 heteroatoms. The van der Waals surface area contributed by atoms with Gasteiger partial charge in [-0.3, -0.25) is 0 Å². The maximum Gasteiger partial charge on any atom is 0.0686 e. The predicted molar refractivity (Wildman–Crippen MR) is 47.4 cm³/mol. The number of hydrogen-bond donors (Lipinski definition) is 1. The van der Waals surface area contributed by atoms with E-state index < -0.39 is 0 Å². The average Bonchev–Trinajstić information content (AvgIpc) is 2.32. The van der Waals surface area contributed by atoms with Gasteiger partial charge in [-0.2, -0.15) is 5.26 Å². The minimum atomic E-state index is -0.212. The Morgan fingerprint density at radius 2 is 2.42 bits per heavy atom. The van der Waals surface area contributed by atoms with Crippen LogP contribution >= 0.6 is 0 Å². The lowest BCUT2D eigenvalue weighted by Gasteiger charge is -2.14. The maximum atomic E-state index is 9.17. The lowest BCUT2D eigenvalue weighted by molar-refractivity contribution is 0.159. The highest BCUT2D eigenvalue weighted by Gasteiger charge is 2.35. The summed E-state index contributed by atoms with van der Waals surface area (Å²) in [7, 11) is 0. The summed E-state index contributed by atoms with van der Waals surface area (Å²) < 4.78 is 0. The second kappa shape index (κ2) is 3.45. The van der Waals surface area contributed by atoms with Crippen molar-refractivity contribution in [1.82, 2.24) is 0 Å². The number of nitriles is 1. The molecule has 1 aliphatic carbocycles. The highest BCUT2D eigenvalue weighted by Crippen LogP contribution is 2.42. The summed E-state index contributed by atoms with van der Waals surface area (Å²) in [6.07, 6.45) is 3.72. The first-order valence-corrected chi connectivity index (χ1v) is 4.65. The second-order valence-electron chi connectivity index (χ2n) is 4.37. The molecule has 0 aromatic carbocycles. The van der Waals surface area contributed by atoms with Crippen LogP contribution in [0.15, 0.2) is 0 Å². The van der Waals surface area contributed by atoms with E-state index in [1.54, 1.807) is 0 Å². The number of rotatable bonds is 2. The van der Waals surface area contributed by atoms with Crippen molar-refractivity contribution in [1.29, 1.82) is 5.26 Å². The molecule has 0 saturated heterocycles. The van der Waals surface area contributed by atoms with Gasteiger partial charge in [-0.25, -0.2) is 0 Å². The van der Waals surface area contributed by atoms with E-state index in [2.05, 4.69) is 6.07 Å². The fourth-order valence-corrected chi connectivity index (χ4v) is 2.15. The number of hydrogen-bond acceptors (Lipinski definition) is 2. The van der Waals surface area contributed by atoms with Crippen LogP contribution in [0.25, 0.3) is 0 Å². The van der Waals surface area contributed by atoms with Crippen molar-refractivity contribution >= 4 is 0 Å². The van der Waals surface area contributed by atoms with E-state index in [1.807, 2.05) is 13.8 Å². The van der Waals surface area contributed by atoms with Gasteiger partial charge in [0, 0.05) is 0 Å². The zero-order chi connectivity index (χ0) is 9.19. The van der Waals surface area contributed by atoms with Crippen molar-refractivity contribution in [3.63, 3.8) is 0 Å². The quantitative estimate of drug-likeness (QED) is 0.684. The molecule has 1 saturated carbocycles. The number of aliphatic hydroxyl groups excluding tert-OH is 1. The standard InChI is InChI=1S/C10H17NO/c1-8(12)5-9-3-4-10(2,6-9)7-11/h8-9,12H,3-6H2,1-2H3. The first-order valence-electron chi connectivity index (χ1n) is 4.65. The highest BCUT2D eigenvalue weighted by molar-refractivity contribution is 5.01. The molecule has 1 fully saturated rings. The molecular weight excluding hydrogens is 150 g/mol. The smallest absolute Gasteiger partial charge is 0.0686 e. The Hall–Kier alpha value is -0.550. The predicted octanol–water partition coefficient (Wildman–Crippen LogP) is 2.09. The average molecular weight is 167 g/mol. The summed E-state index contributed by atoms with van der Waals surface area (Å²) in [4.78, 5) is 0. The molecular formula is C10H17NO. The van der Waals surface area contributed by atoms with Crippen LogP contribution in [-0.2, 0) is 0 Å². The van der Waals surface area contributed by atoms with Gasteiger partial charge in [-0.05, 0) is 45.4 Å². The zero-order valence-corrected chi connectivity index (χ0v) is 7.88. The van der Waals surface area contributed by atoms with E-state index in [1.165, 1.54) is 0 Å². The van der Waals surface area contributed by atoms with E-state index in [9.17, 15) is 5.11 Å². The fourth-order valence-electron chi connectivity index (χ4n) is 2.15. The van der Waals surface area contributed by atoms with Gasteiger partial charge >= 0.3 is 0 Å². The van der Waals surface area contributed by atoms with E-state index in [0.29, 0.717) is 5.92 Å². The lowest BCUT2D eigenvalue weighted by Crippen LogP contribution is -2.11. The van der Waals surface area contributed by atoms with Crippen LogP contribution in [0.2, 0.25) is 0 Å². The summed E-state index contributed by atoms with van der Waals surface area (Å²) in [5, 5.41) is 18.0. The SMILES string of the molecule is CC(O)CC1CCC(C)(C#N)C1. The zero-order valence-electron chi connectivity index (χ0n) is 7.88. The van der Waals surface area contributed by atoms with Crippen LogP contribution in [0.1, 0.15) is 39.5 Å². The molecule has 1 N–H and O–H groups in total. The van der Waals surface area contributed by atoms with Crippen molar-refractivity contribution in [3.05, 3.63) is 0 Å². The van der Waals surface area contributed by atoms with Crippen LogP contribution in [0.5, 0.6) is 0 Å².